The van der Waals surface area contributed by atoms with Gasteiger partial charge in [0.15, 0.2) is 4.80 Å². The Bertz CT molecular complexity index is 1480. The van der Waals surface area contributed by atoms with Crippen LogP contribution in [-0.4, -0.2) is 36.0 Å². The lowest BCUT2D eigenvalue weighted by molar-refractivity contribution is -0.143. The Labute approximate surface area is 226 Å². The first-order chi connectivity index (χ1) is 17.8. The van der Waals surface area contributed by atoms with Crippen LogP contribution in [0.2, 0.25) is 0 Å². The van der Waals surface area contributed by atoms with E-state index in [2.05, 4.69) is 35.9 Å². The Hall–Kier alpha value is -3.10. The van der Waals surface area contributed by atoms with E-state index in [9.17, 15) is 9.59 Å². The molecular weight excluding hydrogens is 502 g/mol. The molecule has 0 amide bonds. The lowest BCUT2D eigenvalue weighted by Crippen LogP contribution is -2.40. The Morgan fingerprint density at radius 1 is 1.14 bits per heavy atom. The molecule has 0 spiro atoms. The van der Waals surface area contributed by atoms with E-state index >= 15 is 0 Å². The number of anilines is 1. The maximum Gasteiger partial charge on any atom is 0.338 e. The third-order valence-electron chi connectivity index (χ3n) is 6.34. The number of aromatic nitrogens is 1. The zero-order chi connectivity index (χ0) is 26.7. The van der Waals surface area contributed by atoms with Crippen molar-refractivity contribution in [3.05, 3.63) is 90.6 Å². The van der Waals surface area contributed by atoms with Crippen LogP contribution in [0.5, 0.6) is 0 Å². The van der Waals surface area contributed by atoms with Gasteiger partial charge in [0.2, 0.25) is 0 Å². The minimum Gasteiger partial charge on any atom is -0.459 e. The van der Waals surface area contributed by atoms with E-state index in [4.69, 9.17) is 4.74 Å². The van der Waals surface area contributed by atoms with Gasteiger partial charge in [0.1, 0.15) is 0 Å². The lowest BCUT2D eigenvalue weighted by atomic mass is 9.96. The summed E-state index contributed by atoms with van der Waals surface area (Å²) < 4.78 is 7.79. The number of fused-ring (bicyclic) bond motifs is 1. The molecule has 0 N–H and O–H groups in total. The van der Waals surface area contributed by atoms with Gasteiger partial charge in [-0.15, -0.1) is 11.8 Å². The summed E-state index contributed by atoms with van der Waals surface area (Å²) in [4.78, 5) is 35.6. The zero-order valence-corrected chi connectivity index (χ0v) is 23.8. The molecule has 6 nitrogen and oxygen atoms in total. The number of carbonyl (C=O) groups is 1. The van der Waals surface area contributed by atoms with Crippen molar-refractivity contribution in [1.29, 1.82) is 0 Å². The normalized spacial score (nSPS) is 15.5. The molecule has 1 aliphatic heterocycles. The van der Waals surface area contributed by atoms with E-state index in [1.165, 1.54) is 11.3 Å². The molecule has 37 heavy (non-hydrogen) atoms. The van der Waals surface area contributed by atoms with Gasteiger partial charge in [0, 0.05) is 23.7 Å². The number of nitrogens with zero attached hydrogens (tertiary/aromatic N) is 3. The van der Waals surface area contributed by atoms with Crippen molar-refractivity contribution in [2.45, 2.75) is 51.7 Å². The van der Waals surface area contributed by atoms with Crippen LogP contribution in [0.15, 0.2) is 74.5 Å². The van der Waals surface area contributed by atoms with Gasteiger partial charge in [-0.2, -0.15) is 0 Å². The van der Waals surface area contributed by atoms with E-state index in [1.807, 2.05) is 69.5 Å². The first-order valence-electron chi connectivity index (χ1n) is 12.5. The summed E-state index contributed by atoms with van der Waals surface area (Å²) in [5.74, 6) is -0.448. The summed E-state index contributed by atoms with van der Waals surface area (Å²) in [6, 6.07) is 15.6. The summed E-state index contributed by atoms with van der Waals surface area (Å²) in [7, 11) is 0. The second-order valence-corrected chi connectivity index (χ2v) is 11.0. The Balaban J connectivity index is 1.84. The highest BCUT2D eigenvalue weighted by Gasteiger charge is 2.33. The van der Waals surface area contributed by atoms with Crippen LogP contribution in [0.3, 0.4) is 0 Å². The van der Waals surface area contributed by atoms with Gasteiger partial charge in [-0.3, -0.25) is 9.36 Å². The quantitative estimate of drug-likeness (QED) is 0.308. The van der Waals surface area contributed by atoms with Crippen molar-refractivity contribution >= 4 is 40.8 Å². The van der Waals surface area contributed by atoms with E-state index < -0.39 is 12.0 Å². The largest absolute Gasteiger partial charge is 0.459 e. The third-order valence-corrected chi connectivity index (χ3v) is 8.06. The summed E-state index contributed by atoms with van der Waals surface area (Å²) in [6.07, 6.45) is 3.63. The predicted molar refractivity (Wildman–Crippen MR) is 153 cm³/mol. The highest BCUT2D eigenvalue weighted by molar-refractivity contribution is 7.98. The minimum atomic E-state index is -0.606. The van der Waals surface area contributed by atoms with Crippen molar-refractivity contribution in [3.63, 3.8) is 0 Å². The van der Waals surface area contributed by atoms with Crippen LogP contribution in [0.25, 0.3) is 6.08 Å². The first-order valence-corrected chi connectivity index (χ1v) is 14.5. The van der Waals surface area contributed by atoms with Crippen LogP contribution in [-0.2, 0) is 9.53 Å². The number of esters is 1. The molecule has 0 saturated heterocycles. The van der Waals surface area contributed by atoms with Crippen molar-refractivity contribution < 1.29 is 9.53 Å². The number of allylic oxidation sites excluding steroid dienone is 1. The molecule has 3 aromatic rings. The first kappa shape index (κ1) is 26.9. The second kappa shape index (κ2) is 11.5. The molecule has 8 heteroatoms. The van der Waals surface area contributed by atoms with Crippen LogP contribution in [0.1, 0.15) is 51.8 Å². The second-order valence-electron chi connectivity index (χ2n) is 9.07. The summed E-state index contributed by atoms with van der Waals surface area (Å²) >= 11 is 2.98. The van der Waals surface area contributed by atoms with E-state index in [0.29, 0.717) is 20.6 Å². The maximum absolute atomic E-state index is 13.8. The number of carbonyl (C=O) groups excluding carboxylic acids is 1. The fraction of sp³-hybridized carbons (Fsp3) is 0.345. The van der Waals surface area contributed by atoms with Gasteiger partial charge in [-0.25, -0.2) is 9.79 Å². The average molecular weight is 536 g/mol. The molecule has 0 saturated carbocycles. The topological polar surface area (TPSA) is 63.9 Å². The van der Waals surface area contributed by atoms with Crippen LogP contribution >= 0.6 is 23.1 Å². The highest BCUT2D eigenvalue weighted by Crippen LogP contribution is 2.32. The number of thioether (sulfide) groups is 1. The molecule has 0 unspecified atom stereocenters. The van der Waals surface area contributed by atoms with Crippen LogP contribution in [0, 0.1) is 0 Å². The SMILES string of the molecule is CCN(CC)c1ccc(/C=c2\sc3n(c2=O)[C@@H](c2ccc(SC)cc2)C(C(=O)OC(C)C)=C(C)N=3)cc1. The van der Waals surface area contributed by atoms with Gasteiger partial charge in [-0.1, -0.05) is 35.6 Å². The third kappa shape index (κ3) is 5.60. The number of hydrogen-bond acceptors (Lipinski definition) is 7. The average Bonchev–Trinajstić information content (AvgIpc) is 3.18. The Kier molecular flexibility index (Phi) is 8.39. The fourth-order valence-corrected chi connectivity index (χ4v) is 5.94. The Morgan fingerprint density at radius 2 is 1.78 bits per heavy atom. The molecule has 1 atom stereocenters. The molecule has 1 aliphatic rings. The summed E-state index contributed by atoms with van der Waals surface area (Å²) in [5, 5.41) is 0. The van der Waals surface area contributed by atoms with Gasteiger partial charge in [-0.05, 0) is 82.3 Å². The highest BCUT2D eigenvalue weighted by atomic mass is 32.2. The molecule has 4 rings (SSSR count). The van der Waals surface area contributed by atoms with Gasteiger partial charge in [0.25, 0.3) is 5.56 Å². The number of hydrogen-bond donors (Lipinski definition) is 0. The van der Waals surface area contributed by atoms with Crippen LogP contribution in [0.4, 0.5) is 5.69 Å². The van der Waals surface area contributed by atoms with Crippen molar-refractivity contribution in [1.82, 2.24) is 4.57 Å². The fourth-order valence-electron chi connectivity index (χ4n) is 4.48. The zero-order valence-electron chi connectivity index (χ0n) is 22.1. The van der Waals surface area contributed by atoms with E-state index in [-0.39, 0.29) is 11.7 Å². The maximum atomic E-state index is 13.8. The number of ether oxygens (including phenoxy) is 1. The van der Waals surface area contributed by atoms with E-state index in [0.717, 1.165) is 34.8 Å². The van der Waals surface area contributed by atoms with Gasteiger partial charge < -0.3 is 9.64 Å². The van der Waals surface area contributed by atoms with E-state index in [1.54, 1.807) is 16.3 Å². The van der Waals surface area contributed by atoms with Crippen molar-refractivity contribution in [2.75, 3.05) is 24.2 Å². The molecule has 0 radical (unpaired) electrons. The number of thiazole rings is 1. The summed E-state index contributed by atoms with van der Waals surface area (Å²) in [5.41, 5.74) is 3.74. The number of benzene rings is 2. The molecule has 2 aromatic carbocycles. The van der Waals surface area contributed by atoms with Crippen molar-refractivity contribution in [3.8, 4) is 0 Å². The number of rotatable bonds is 8. The van der Waals surface area contributed by atoms with Crippen LogP contribution < -0.4 is 19.8 Å². The van der Waals surface area contributed by atoms with Gasteiger partial charge >= 0.3 is 5.97 Å². The van der Waals surface area contributed by atoms with Crippen molar-refractivity contribution in [2.24, 2.45) is 4.99 Å². The molecule has 1 aromatic heterocycles. The molecular formula is C29H33N3O3S2. The molecule has 0 aliphatic carbocycles. The Morgan fingerprint density at radius 3 is 2.35 bits per heavy atom. The molecule has 0 fully saturated rings. The molecule has 2 heterocycles. The predicted octanol–water partition coefficient (Wildman–Crippen LogP) is 4.75. The molecule has 194 valence electrons. The lowest BCUT2D eigenvalue weighted by Gasteiger charge is -2.25. The minimum absolute atomic E-state index is 0.169. The molecule has 0 bridgehead atoms. The summed E-state index contributed by atoms with van der Waals surface area (Å²) in [6.45, 7) is 11.6. The van der Waals surface area contributed by atoms with Gasteiger partial charge in [0.05, 0.1) is 27.9 Å². The smallest absolute Gasteiger partial charge is 0.338 e. The monoisotopic (exact) mass is 535 g/mol. The standard InChI is InChI=1S/C29H33N3O3S2/c1-7-31(8-2)22-13-9-20(10-14-22)17-24-27(33)32-26(21-11-15-23(36-6)16-12-21)25(28(34)35-18(3)4)19(5)30-29(32)37-24/h9-18,26H,7-8H2,1-6H3/b24-17-/t26-/m0/s1.